The molecule has 2 nitrogen and oxygen atoms in total. The Bertz CT molecular complexity index is 362. The van der Waals surface area contributed by atoms with E-state index < -0.39 is 0 Å². The molecule has 1 atom stereocenters. The van der Waals surface area contributed by atoms with Crippen LogP contribution >= 0.6 is 15.9 Å². The molecule has 13 heavy (non-hydrogen) atoms. The molecule has 0 fully saturated rings. The zero-order valence-electron chi connectivity index (χ0n) is 7.38. The van der Waals surface area contributed by atoms with E-state index in [0.717, 1.165) is 28.4 Å². The summed E-state index contributed by atoms with van der Waals surface area (Å²) in [6.07, 6.45) is 5.36. The SMILES string of the molecule is C[C@@H]1CCc2c(Br)cncc2C1=O. The molecule has 1 aliphatic carbocycles. The van der Waals surface area contributed by atoms with E-state index in [-0.39, 0.29) is 11.7 Å². The third kappa shape index (κ3) is 1.41. The maximum atomic E-state index is 11.7. The zero-order valence-corrected chi connectivity index (χ0v) is 8.97. The lowest BCUT2D eigenvalue weighted by atomic mass is 9.85. The molecule has 0 spiro atoms. The average molecular weight is 240 g/mol. The monoisotopic (exact) mass is 239 g/mol. The number of aromatic nitrogens is 1. The first-order chi connectivity index (χ1) is 6.20. The summed E-state index contributed by atoms with van der Waals surface area (Å²) in [6, 6.07) is 0. The molecule has 0 bridgehead atoms. The Balaban J connectivity index is 2.55. The van der Waals surface area contributed by atoms with Crippen LogP contribution in [0.1, 0.15) is 29.3 Å². The van der Waals surface area contributed by atoms with Crippen LogP contribution in [0.4, 0.5) is 0 Å². The van der Waals surface area contributed by atoms with E-state index in [2.05, 4.69) is 20.9 Å². The molecule has 0 N–H and O–H groups in total. The summed E-state index contributed by atoms with van der Waals surface area (Å²) in [5.41, 5.74) is 1.92. The largest absolute Gasteiger partial charge is 0.294 e. The van der Waals surface area contributed by atoms with Crippen molar-refractivity contribution >= 4 is 21.7 Å². The van der Waals surface area contributed by atoms with Crippen molar-refractivity contribution in [1.82, 2.24) is 4.98 Å². The van der Waals surface area contributed by atoms with Gasteiger partial charge in [-0.05, 0) is 34.3 Å². The smallest absolute Gasteiger partial charge is 0.167 e. The van der Waals surface area contributed by atoms with Gasteiger partial charge in [-0.25, -0.2) is 0 Å². The molecular weight excluding hydrogens is 230 g/mol. The van der Waals surface area contributed by atoms with Gasteiger partial charge in [0.1, 0.15) is 0 Å². The Morgan fingerprint density at radius 2 is 2.31 bits per heavy atom. The van der Waals surface area contributed by atoms with Crippen molar-refractivity contribution in [3.63, 3.8) is 0 Å². The Kier molecular flexibility index (Phi) is 2.20. The second-order valence-corrected chi connectivity index (χ2v) is 4.31. The zero-order chi connectivity index (χ0) is 9.42. The van der Waals surface area contributed by atoms with E-state index in [1.54, 1.807) is 12.4 Å². The van der Waals surface area contributed by atoms with Crippen molar-refractivity contribution in [2.24, 2.45) is 5.92 Å². The van der Waals surface area contributed by atoms with Crippen LogP contribution in [0.2, 0.25) is 0 Å². The van der Waals surface area contributed by atoms with Crippen LogP contribution in [0, 0.1) is 5.92 Å². The number of hydrogen-bond donors (Lipinski definition) is 0. The number of carbonyl (C=O) groups is 1. The van der Waals surface area contributed by atoms with Crippen LogP contribution in [0.25, 0.3) is 0 Å². The van der Waals surface area contributed by atoms with E-state index in [4.69, 9.17) is 0 Å². The van der Waals surface area contributed by atoms with Crippen molar-refractivity contribution < 1.29 is 4.79 Å². The number of rotatable bonds is 0. The molecule has 1 aromatic rings. The van der Waals surface area contributed by atoms with Gasteiger partial charge in [-0.1, -0.05) is 6.92 Å². The van der Waals surface area contributed by atoms with Gasteiger partial charge < -0.3 is 0 Å². The molecule has 0 radical (unpaired) electrons. The predicted octanol–water partition coefficient (Wildman–Crippen LogP) is 2.61. The van der Waals surface area contributed by atoms with Crippen LogP contribution in [0.5, 0.6) is 0 Å². The summed E-state index contributed by atoms with van der Waals surface area (Å²) < 4.78 is 0.963. The van der Waals surface area contributed by atoms with Crippen LogP contribution in [-0.4, -0.2) is 10.8 Å². The van der Waals surface area contributed by atoms with Gasteiger partial charge in [0.2, 0.25) is 0 Å². The molecule has 1 heterocycles. The van der Waals surface area contributed by atoms with Gasteiger partial charge in [0.15, 0.2) is 5.78 Å². The quantitative estimate of drug-likeness (QED) is 0.697. The van der Waals surface area contributed by atoms with Crippen molar-refractivity contribution in [1.29, 1.82) is 0 Å². The summed E-state index contributed by atoms with van der Waals surface area (Å²) in [5, 5.41) is 0. The first-order valence-corrected chi connectivity index (χ1v) is 5.16. The predicted molar refractivity (Wildman–Crippen MR) is 53.8 cm³/mol. The minimum absolute atomic E-state index is 0.156. The second kappa shape index (κ2) is 3.22. The Labute approximate surface area is 85.5 Å². The topological polar surface area (TPSA) is 30.0 Å². The molecule has 1 aliphatic rings. The third-order valence-corrected chi connectivity index (χ3v) is 3.23. The summed E-state index contributed by atoms with van der Waals surface area (Å²) >= 11 is 3.41. The molecule has 0 saturated heterocycles. The number of Topliss-reactive ketones (excluding diaryl/α,β-unsaturated/α-hetero) is 1. The average Bonchev–Trinajstić information content (AvgIpc) is 2.12. The van der Waals surface area contributed by atoms with E-state index >= 15 is 0 Å². The highest BCUT2D eigenvalue weighted by atomic mass is 79.9. The Hall–Kier alpha value is -0.700. The Morgan fingerprint density at radius 3 is 3.08 bits per heavy atom. The van der Waals surface area contributed by atoms with Crippen LogP contribution in [-0.2, 0) is 6.42 Å². The number of nitrogens with zero attached hydrogens (tertiary/aromatic N) is 1. The molecule has 68 valence electrons. The highest BCUT2D eigenvalue weighted by Gasteiger charge is 2.25. The van der Waals surface area contributed by atoms with E-state index in [1.807, 2.05) is 6.92 Å². The van der Waals surface area contributed by atoms with Gasteiger partial charge in [-0.3, -0.25) is 9.78 Å². The highest BCUT2D eigenvalue weighted by molar-refractivity contribution is 9.10. The number of ketones is 1. The second-order valence-electron chi connectivity index (χ2n) is 3.45. The minimum atomic E-state index is 0.156. The molecule has 3 heteroatoms. The fourth-order valence-electron chi connectivity index (χ4n) is 1.69. The highest BCUT2D eigenvalue weighted by Crippen LogP contribution is 2.29. The van der Waals surface area contributed by atoms with E-state index in [1.165, 1.54) is 0 Å². The molecule has 0 aliphatic heterocycles. The van der Waals surface area contributed by atoms with E-state index in [0.29, 0.717) is 0 Å². The van der Waals surface area contributed by atoms with Crippen molar-refractivity contribution in [3.05, 3.63) is 28.0 Å². The van der Waals surface area contributed by atoms with Crippen molar-refractivity contribution in [2.45, 2.75) is 19.8 Å². The first-order valence-electron chi connectivity index (χ1n) is 4.36. The van der Waals surface area contributed by atoms with Gasteiger partial charge >= 0.3 is 0 Å². The van der Waals surface area contributed by atoms with Gasteiger partial charge in [0.05, 0.1) is 0 Å². The van der Waals surface area contributed by atoms with Gasteiger partial charge in [-0.2, -0.15) is 0 Å². The summed E-state index contributed by atoms with van der Waals surface area (Å²) in [5.74, 6) is 0.388. The lowest BCUT2D eigenvalue weighted by Gasteiger charge is -2.20. The lowest BCUT2D eigenvalue weighted by Crippen LogP contribution is -2.20. The number of halogens is 1. The fraction of sp³-hybridized carbons (Fsp3) is 0.400. The lowest BCUT2D eigenvalue weighted by molar-refractivity contribution is 0.0913. The maximum Gasteiger partial charge on any atom is 0.167 e. The minimum Gasteiger partial charge on any atom is -0.294 e. The standard InChI is InChI=1S/C10H10BrNO/c1-6-2-3-7-8(10(6)13)4-12-5-9(7)11/h4-6H,2-3H2,1H3/t6-/m1/s1. The summed E-state index contributed by atoms with van der Waals surface area (Å²) in [6.45, 7) is 1.98. The number of hydrogen-bond acceptors (Lipinski definition) is 2. The van der Waals surface area contributed by atoms with Crippen molar-refractivity contribution in [2.75, 3.05) is 0 Å². The molecule has 1 aromatic heterocycles. The van der Waals surface area contributed by atoms with Gasteiger partial charge in [0.25, 0.3) is 0 Å². The maximum absolute atomic E-state index is 11.7. The molecule has 0 amide bonds. The summed E-state index contributed by atoms with van der Waals surface area (Å²) in [7, 11) is 0. The number of carbonyl (C=O) groups excluding carboxylic acids is 1. The van der Waals surface area contributed by atoms with E-state index in [9.17, 15) is 4.79 Å². The molecule has 0 unspecified atom stereocenters. The Morgan fingerprint density at radius 1 is 1.54 bits per heavy atom. The van der Waals surface area contributed by atoms with Crippen molar-refractivity contribution in [3.8, 4) is 0 Å². The molecular formula is C10H10BrNO. The third-order valence-electron chi connectivity index (χ3n) is 2.55. The van der Waals surface area contributed by atoms with Crippen LogP contribution < -0.4 is 0 Å². The molecule has 0 saturated carbocycles. The van der Waals surface area contributed by atoms with Crippen LogP contribution in [0.15, 0.2) is 16.9 Å². The van der Waals surface area contributed by atoms with Gasteiger partial charge in [0, 0.05) is 28.3 Å². The molecule has 2 rings (SSSR count). The van der Waals surface area contributed by atoms with Crippen LogP contribution in [0.3, 0.4) is 0 Å². The molecule has 0 aromatic carbocycles. The fourth-order valence-corrected chi connectivity index (χ4v) is 2.22. The first kappa shape index (κ1) is 8.88. The number of fused-ring (bicyclic) bond motifs is 1. The normalized spacial score (nSPS) is 21.4. The van der Waals surface area contributed by atoms with Gasteiger partial charge in [-0.15, -0.1) is 0 Å². The number of pyridine rings is 1. The summed E-state index contributed by atoms with van der Waals surface area (Å²) in [4.78, 5) is 15.7.